The normalized spacial score (nSPS) is 14.7. The van der Waals surface area contributed by atoms with E-state index >= 15 is 0 Å². The van der Waals surface area contributed by atoms with Crippen LogP contribution >= 0.6 is 0 Å². The SMILES string of the molecule is CC(Oc1ccc(C(C)C)cc1)C(=O)Oc1ccc2c(c1)OC(N)=C(C#N)C2c1ccc(OCc2ccc(F)cc2)cc1. The molecule has 0 bridgehead atoms. The Kier molecular flexibility index (Phi) is 8.63. The van der Waals surface area contributed by atoms with Gasteiger partial charge in [0.2, 0.25) is 5.88 Å². The quantitative estimate of drug-likeness (QED) is 0.167. The van der Waals surface area contributed by atoms with Gasteiger partial charge < -0.3 is 24.7 Å². The maximum Gasteiger partial charge on any atom is 0.352 e. The fourth-order valence-electron chi connectivity index (χ4n) is 4.73. The molecule has 0 fully saturated rings. The summed E-state index contributed by atoms with van der Waals surface area (Å²) >= 11 is 0. The van der Waals surface area contributed by atoms with Gasteiger partial charge in [-0.1, -0.05) is 56.3 Å². The van der Waals surface area contributed by atoms with E-state index in [2.05, 4.69) is 19.9 Å². The van der Waals surface area contributed by atoms with Crippen LogP contribution in [-0.4, -0.2) is 12.1 Å². The largest absolute Gasteiger partial charge is 0.489 e. The van der Waals surface area contributed by atoms with E-state index in [4.69, 9.17) is 24.7 Å². The van der Waals surface area contributed by atoms with E-state index in [0.29, 0.717) is 28.7 Å². The van der Waals surface area contributed by atoms with E-state index in [1.165, 1.54) is 17.7 Å². The first kappa shape index (κ1) is 29.2. The predicted octanol–water partition coefficient (Wildman–Crippen LogP) is 7.12. The van der Waals surface area contributed by atoms with Crippen molar-refractivity contribution >= 4 is 5.97 Å². The molecule has 2 N–H and O–H groups in total. The van der Waals surface area contributed by atoms with Gasteiger partial charge in [0.25, 0.3) is 0 Å². The summed E-state index contributed by atoms with van der Waals surface area (Å²) in [6, 6.07) is 28.2. The van der Waals surface area contributed by atoms with Gasteiger partial charge in [-0.2, -0.15) is 5.26 Å². The smallest absolute Gasteiger partial charge is 0.352 e. The summed E-state index contributed by atoms with van der Waals surface area (Å²) < 4.78 is 36.1. The Morgan fingerprint density at radius 1 is 0.930 bits per heavy atom. The van der Waals surface area contributed by atoms with Crippen molar-refractivity contribution in [1.29, 1.82) is 5.26 Å². The third kappa shape index (κ3) is 6.79. The van der Waals surface area contributed by atoms with Crippen LogP contribution in [0.1, 0.15) is 54.9 Å². The lowest BCUT2D eigenvalue weighted by atomic mass is 9.83. The first-order valence-electron chi connectivity index (χ1n) is 13.9. The second-order valence-corrected chi connectivity index (χ2v) is 10.5. The van der Waals surface area contributed by atoms with Crippen molar-refractivity contribution in [2.75, 3.05) is 0 Å². The molecule has 2 unspecified atom stereocenters. The number of carbonyl (C=O) groups is 1. The van der Waals surface area contributed by atoms with Crippen molar-refractivity contribution in [3.63, 3.8) is 0 Å². The lowest BCUT2D eigenvalue weighted by Gasteiger charge is -2.27. The first-order chi connectivity index (χ1) is 20.7. The molecule has 2 atom stereocenters. The maximum absolute atomic E-state index is 13.2. The Bertz CT molecular complexity index is 1670. The van der Waals surface area contributed by atoms with E-state index in [9.17, 15) is 14.4 Å². The highest BCUT2D eigenvalue weighted by atomic mass is 19.1. The van der Waals surface area contributed by atoms with Crippen LogP contribution in [0.4, 0.5) is 4.39 Å². The van der Waals surface area contributed by atoms with Gasteiger partial charge in [0.15, 0.2) is 6.10 Å². The zero-order chi connectivity index (χ0) is 30.5. The third-order valence-corrected chi connectivity index (χ3v) is 7.13. The van der Waals surface area contributed by atoms with Gasteiger partial charge in [-0.05, 0) is 72.0 Å². The second-order valence-electron chi connectivity index (χ2n) is 10.5. The highest BCUT2D eigenvalue weighted by molar-refractivity contribution is 5.77. The van der Waals surface area contributed by atoms with Crippen LogP contribution in [0.3, 0.4) is 0 Å². The highest BCUT2D eigenvalue weighted by Gasteiger charge is 2.31. The van der Waals surface area contributed by atoms with Crippen molar-refractivity contribution in [2.45, 2.75) is 45.3 Å². The minimum Gasteiger partial charge on any atom is -0.489 e. The van der Waals surface area contributed by atoms with Crippen LogP contribution in [0.5, 0.6) is 23.0 Å². The topological polar surface area (TPSA) is 104 Å². The molecule has 0 saturated carbocycles. The number of allylic oxidation sites excluding steroid dienone is 1. The van der Waals surface area contributed by atoms with Gasteiger partial charge in [-0.25, -0.2) is 9.18 Å². The number of rotatable bonds is 9. The van der Waals surface area contributed by atoms with Gasteiger partial charge in [0.05, 0.1) is 5.92 Å². The molecule has 4 aromatic carbocycles. The second kappa shape index (κ2) is 12.7. The molecule has 4 aromatic rings. The molecule has 7 nitrogen and oxygen atoms in total. The molecule has 0 aliphatic carbocycles. The van der Waals surface area contributed by atoms with Gasteiger partial charge in [-0.3, -0.25) is 0 Å². The number of nitrogens with two attached hydrogens (primary N) is 1. The van der Waals surface area contributed by atoms with Gasteiger partial charge in [-0.15, -0.1) is 0 Å². The average Bonchev–Trinajstić information content (AvgIpc) is 3.00. The molecule has 218 valence electrons. The number of halogens is 1. The first-order valence-corrected chi connectivity index (χ1v) is 13.9. The van der Waals surface area contributed by atoms with Gasteiger partial charge in [0, 0.05) is 11.6 Å². The molecule has 43 heavy (non-hydrogen) atoms. The Morgan fingerprint density at radius 2 is 1.58 bits per heavy atom. The van der Waals surface area contributed by atoms with Crippen LogP contribution in [0, 0.1) is 17.1 Å². The minimum atomic E-state index is -0.853. The van der Waals surface area contributed by atoms with Crippen molar-refractivity contribution < 1.29 is 28.1 Å². The maximum atomic E-state index is 13.2. The summed E-state index contributed by atoms with van der Waals surface area (Å²) in [6.07, 6.45) is -0.853. The fraction of sp³-hybridized carbons (Fsp3) is 0.200. The monoisotopic (exact) mass is 578 g/mol. The fourth-order valence-corrected chi connectivity index (χ4v) is 4.73. The molecule has 1 aliphatic rings. The zero-order valence-corrected chi connectivity index (χ0v) is 24.0. The zero-order valence-electron chi connectivity index (χ0n) is 24.0. The van der Waals surface area contributed by atoms with Crippen molar-refractivity contribution in [3.8, 4) is 29.1 Å². The standard InChI is InChI=1S/C35H31FN2O5/c1-21(2)24-6-14-28(15-7-24)41-22(3)35(39)42-29-16-17-30-32(18-29)43-34(38)31(19-37)33(30)25-8-12-27(13-9-25)40-20-23-4-10-26(36)11-5-23/h4-18,21-22,33H,20,38H2,1-3H3. The molecule has 0 saturated heterocycles. The number of carbonyl (C=O) groups excluding carboxylic acids is 1. The van der Waals surface area contributed by atoms with E-state index in [0.717, 1.165) is 11.1 Å². The van der Waals surface area contributed by atoms with E-state index in [-0.39, 0.29) is 29.6 Å². The van der Waals surface area contributed by atoms with Gasteiger partial charge in [0.1, 0.15) is 47.1 Å². The summed E-state index contributed by atoms with van der Waals surface area (Å²) in [7, 11) is 0. The number of ether oxygens (including phenoxy) is 4. The van der Waals surface area contributed by atoms with E-state index in [1.54, 1.807) is 49.4 Å². The lowest BCUT2D eigenvalue weighted by Crippen LogP contribution is -2.28. The van der Waals surface area contributed by atoms with Crippen molar-refractivity contribution in [1.82, 2.24) is 0 Å². The van der Waals surface area contributed by atoms with Crippen molar-refractivity contribution in [2.24, 2.45) is 5.73 Å². The van der Waals surface area contributed by atoms with E-state index < -0.39 is 18.0 Å². The molecule has 8 heteroatoms. The number of nitriles is 1. The summed E-state index contributed by atoms with van der Waals surface area (Å²) in [5, 5.41) is 9.90. The molecule has 0 amide bonds. The van der Waals surface area contributed by atoms with Crippen LogP contribution in [0.2, 0.25) is 0 Å². The molecule has 1 aliphatic heterocycles. The number of fused-ring (bicyclic) bond motifs is 1. The molecule has 5 rings (SSSR count). The number of hydrogen-bond acceptors (Lipinski definition) is 7. The molecule has 0 radical (unpaired) electrons. The molecule has 1 heterocycles. The molecule has 0 aromatic heterocycles. The van der Waals surface area contributed by atoms with Crippen LogP contribution in [0.25, 0.3) is 0 Å². The number of nitrogens with zero attached hydrogens (tertiary/aromatic N) is 1. The molecular weight excluding hydrogens is 547 g/mol. The Labute approximate surface area is 249 Å². The minimum absolute atomic E-state index is 0.0262. The summed E-state index contributed by atoms with van der Waals surface area (Å²) in [4.78, 5) is 12.8. The Balaban J connectivity index is 1.29. The summed E-state index contributed by atoms with van der Waals surface area (Å²) in [5.41, 5.74) is 9.93. The predicted molar refractivity (Wildman–Crippen MR) is 159 cm³/mol. The van der Waals surface area contributed by atoms with Crippen molar-refractivity contribution in [3.05, 3.63) is 131 Å². The number of benzene rings is 4. The van der Waals surface area contributed by atoms with E-state index in [1.807, 2.05) is 36.4 Å². The third-order valence-electron chi connectivity index (χ3n) is 7.13. The number of esters is 1. The summed E-state index contributed by atoms with van der Waals surface area (Å²) in [6.45, 7) is 6.12. The number of hydrogen-bond donors (Lipinski definition) is 1. The summed E-state index contributed by atoms with van der Waals surface area (Å²) in [5.74, 6) is 0.808. The van der Waals surface area contributed by atoms with Crippen LogP contribution in [-0.2, 0) is 11.4 Å². The average molecular weight is 579 g/mol. The molecule has 0 spiro atoms. The van der Waals surface area contributed by atoms with Crippen LogP contribution in [0.15, 0.2) is 102 Å². The Hall–Kier alpha value is -5.29. The molecular formula is C35H31FN2O5. The lowest BCUT2D eigenvalue weighted by molar-refractivity contribution is -0.141. The highest BCUT2D eigenvalue weighted by Crippen LogP contribution is 2.43. The van der Waals surface area contributed by atoms with Gasteiger partial charge >= 0.3 is 5.97 Å². The Morgan fingerprint density at radius 3 is 2.23 bits per heavy atom. The van der Waals surface area contributed by atoms with Crippen LogP contribution < -0.4 is 24.7 Å².